The topological polar surface area (TPSA) is 47.0 Å². The van der Waals surface area contributed by atoms with E-state index in [1.54, 1.807) is 11.3 Å². The molecule has 1 fully saturated rings. The molecule has 1 N–H and O–H groups in total. The van der Waals surface area contributed by atoms with Gasteiger partial charge in [0.2, 0.25) is 0 Å². The Kier molecular flexibility index (Phi) is 4.28. The molecule has 2 aromatic rings. The van der Waals surface area contributed by atoms with E-state index >= 15 is 0 Å². The van der Waals surface area contributed by atoms with Crippen molar-refractivity contribution >= 4 is 17.2 Å². The van der Waals surface area contributed by atoms with Crippen molar-refractivity contribution in [3.05, 3.63) is 29.4 Å². The minimum Gasteiger partial charge on any atom is -0.381 e. The number of nitrogens with one attached hydrogen (secondary N) is 1. The van der Waals surface area contributed by atoms with Crippen LogP contribution in [0, 0.1) is 0 Å². The van der Waals surface area contributed by atoms with Gasteiger partial charge in [0.1, 0.15) is 10.8 Å². The van der Waals surface area contributed by atoms with Gasteiger partial charge in [-0.2, -0.15) is 0 Å². The van der Waals surface area contributed by atoms with Gasteiger partial charge in [0.15, 0.2) is 0 Å². The molecule has 1 aliphatic heterocycles. The van der Waals surface area contributed by atoms with Crippen molar-refractivity contribution in [2.24, 2.45) is 0 Å². The van der Waals surface area contributed by atoms with Gasteiger partial charge in [-0.25, -0.2) is 9.97 Å². The zero-order valence-corrected chi connectivity index (χ0v) is 12.4. The van der Waals surface area contributed by atoms with Crippen molar-refractivity contribution < 1.29 is 4.74 Å². The highest BCUT2D eigenvalue weighted by Crippen LogP contribution is 2.31. The van der Waals surface area contributed by atoms with Crippen LogP contribution in [0.1, 0.15) is 31.4 Å². The fraction of sp³-hybridized carbons (Fsp3) is 0.467. The summed E-state index contributed by atoms with van der Waals surface area (Å²) in [6.07, 6.45) is 4.15. The summed E-state index contributed by atoms with van der Waals surface area (Å²) in [5.74, 6) is 1.37. The maximum atomic E-state index is 5.55. The Bertz CT molecular complexity index is 564. The van der Waals surface area contributed by atoms with Crippen LogP contribution >= 0.6 is 11.3 Å². The van der Waals surface area contributed by atoms with E-state index in [0.717, 1.165) is 42.6 Å². The van der Waals surface area contributed by atoms with E-state index in [2.05, 4.69) is 28.7 Å². The zero-order chi connectivity index (χ0) is 13.8. The average molecular weight is 289 g/mol. The smallest absolute Gasteiger partial charge is 0.126 e. The van der Waals surface area contributed by atoms with Gasteiger partial charge in [-0.3, -0.25) is 0 Å². The lowest BCUT2D eigenvalue weighted by Crippen LogP contribution is -2.15. The van der Waals surface area contributed by atoms with E-state index in [0.29, 0.717) is 5.92 Å². The molecule has 3 rings (SSSR count). The number of nitrogens with zero attached hydrogens (tertiary/aromatic N) is 2. The number of rotatable bonds is 4. The molecule has 0 saturated carbocycles. The normalized spacial score (nSPS) is 18.9. The molecule has 0 spiro atoms. The Balaban J connectivity index is 1.80. The van der Waals surface area contributed by atoms with Crippen LogP contribution in [0.2, 0.25) is 0 Å². The van der Waals surface area contributed by atoms with Crippen LogP contribution in [0.5, 0.6) is 0 Å². The molecule has 0 radical (unpaired) electrons. The van der Waals surface area contributed by atoms with Crippen LogP contribution in [0.3, 0.4) is 0 Å². The number of hydrogen-bond acceptors (Lipinski definition) is 5. The van der Waals surface area contributed by atoms with Crippen LogP contribution < -0.4 is 5.32 Å². The van der Waals surface area contributed by atoms with Crippen LogP contribution in [0.4, 0.5) is 5.82 Å². The first-order valence-electron chi connectivity index (χ1n) is 7.10. The first-order valence-corrected chi connectivity index (χ1v) is 7.98. The standard InChI is InChI=1S/C15H19N3OS/c1-2-16-14-8-11(5-6-17-14)15-18-13(10-20-15)12-4-3-7-19-9-12/h5-6,8,10,12H,2-4,7,9H2,1H3,(H,16,17). The molecule has 20 heavy (non-hydrogen) atoms. The summed E-state index contributed by atoms with van der Waals surface area (Å²) in [4.78, 5) is 9.09. The Morgan fingerprint density at radius 2 is 2.45 bits per heavy atom. The Labute approximate surface area is 123 Å². The average Bonchev–Trinajstić information content (AvgIpc) is 2.99. The number of pyridine rings is 1. The quantitative estimate of drug-likeness (QED) is 0.935. The number of thiazole rings is 1. The molecule has 3 heterocycles. The minimum atomic E-state index is 0.462. The molecule has 2 aromatic heterocycles. The van der Waals surface area contributed by atoms with E-state index in [-0.39, 0.29) is 0 Å². The molecule has 5 heteroatoms. The first-order chi connectivity index (χ1) is 9.86. The SMILES string of the molecule is CCNc1cc(-c2nc(C3CCCOC3)cs2)ccn1. The van der Waals surface area contributed by atoms with Gasteiger partial charge in [-0.05, 0) is 31.9 Å². The molecule has 0 amide bonds. The molecule has 4 nitrogen and oxygen atoms in total. The van der Waals surface area contributed by atoms with Crippen LogP contribution in [-0.4, -0.2) is 29.7 Å². The Hall–Kier alpha value is -1.46. The third kappa shape index (κ3) is 2.99. The highest BCUT2D eigenvalue weighted by molar-refractivity contribution is 7.13. The van der Waals surface area contributed by atoms with Crippen molar-refractivity contribution in [2.45, 2.75) is 25.7 Å². The highest BCUT2D eigenvalue weighted by atomic mass is 32.1. The lowest BCUT2D eigenvalue weighted by molar-refractivity contribution is 0.0795. The Morgan fingerprint density at radius 3 is 3.25 bits per heavy atom. The molecule has 0 bridgehead atoms. The van der Waals surface area contributed by atoms with Gasteiger partial charge in [0, 0.05) is 36.2 Å². The van der Waals surface area contributed by atoms with E-state index in [9.17, 15) is 0 Å². The van der Waals surface area contributed by atoms with Crippen LogP contribution in [0.15, 0.2) is 23.7 Å². The summed E-state index contributed by atoms with van der Waals surface area (Å²) < 4.78 is 5.55. The van der Waals surface area contributed by atoms with E-state index in [4.69, 9.17) is 9.72 Å². The number of ether oxygens (including phenoxy) is 1. The summed E-state index contributed by atoms with van der Waals surface area (Å²) in [7, 11) is 0. The molecule has 1 saturated heterocycles. The van der Waals surface area contributed by atoms with Crippen molar-refractivity contribution in [2.75, 3.05) is 25.1 Å². The second-order valence-electron chi connectivity index (χ2n) is 4.95. The second-order valence-corrected chi connectivity index (χ2v) is 5.81. The summed E-state index contributed by atoms with van der Waals surface area (Å²) in [6, 6.07) is 4.07. The molecule has 0 aliphatic carbocycles. The minimum absolute atomic E-state index is 0.462. The maximum absolute atomic E-state index is 5.55. The maximum Gasteiger partial charge on any atom is 0.126 e. The molecule has 1 unspecified atom stereocenters. The lowest BCUT2D eigenvalue weighted by atomic mass is 10.00. The number of aromatic nitrogens is 2. The van der Waals surface area contributed by atoms with Crippen molar-refractivity contribution in [1.82, 2.24) is 9.97 Å². The monoisotopic (exact) mass is 289 g/mol. The van der Waals surface area contributed by atoms with Gasteiger partial charge < -0.3 is 10.1 Å². The second kappa shape index (κ2) is 6.33. The summed E-state index contributed by atoms with van der Waals surface area (Å²) in [5, 5.41) is 6.46. The molecule has 106 valence electrons. The van der Waals surface area contributed by atoms with Gasteiger partial charge in [-0.1, -0.05) is 0 Å². The fourth-order valence-electron chi connectivity index (χ4n) is 2.42. The van der Waals surface area contributed by atoms with Gasteiger partial charge >= 0.3 is 0 Å². The van der Waals surface area contributed by atoms with E-state index < -0.39 is 0 Å². The largest absolute Gasteiger partial charge is 0.381 e. The molecular weight excluding hydrogens is 270 g/mol. The third-order valence-corrected chi connectivity index (χ3v) is 4.37. The number of anilines is 1. The predicted molar refractivity (Wildman–Crippen MR) is 82.3 cm³/mol. The first kappa shape index (κ1) is 13.5. The Morgan fingerprint density at radius 1 is 1.50 bits per heavy atom. The van der Waals surface area contributed by atoms with Crippen LogP contribution in [0.25, 0.3) is 10.6 Å². The molecular formula is C15H19N3OS. The number of hydrogen-bond donors (Lipinski definition) is 1. The predicted octanol–water partition coefficient (Wildman–Crippen LogP) is 3.53. The summed E-state index contributed by atoms with van der Waals surface area (Å²) >= 11 is 1.70. The lowest BCUT2D eigenvalue weighted by Gasteiger charge is -2.20. The highest BCUT2D eigenvalue weighted by Gasteiger charge is 2.19. The van der Waals surface area contributed by atoms with Crippen molar-refractivity contribution in [3.8, 4) is 10.6 Å². The van der Waals surface area contributed by atoms with Crippen molar-refractivity contribution in [1.29, 1.82) is 0 Å². The summed E-state index contributed by atoms with van der Waals surface area (Å²) in [6.45, 7) is 4.64. The van der Waals surface area contributed by atoms with E-state index in [1.165, 1.54) is 12.1 Å². The third-order valence-electron chi connectivity index (χ3n) is 3.47. The molecule has 1 aliphatic rings. The van der Waals surface area contributed by atoms with Crippen molar-refractivity contribution in [3.63, 3.8) is 0 Å². The molecule has 0 aromatic carbocycles. The molecule has 1 atom stereocenters. The van der Waals surface area contributed by atoms with Gasteiger partial charge in [0.25, 0.3) is 0 Å². The summed E-state index contributed by atoms with van der Waals surface area (Å²) in [5.41, 5.74) is 2.30. The van der Waals surface area contributed by atoms with Gasteiger partial charge in [-0.15, -0.1) is 11.3 Å². The zero-order valence-electron chi connectivity index (χ0n) is 11.6. The van der Waals surface area contributed by atoms with Gasteiger partial charge in [0.05, 0.1) is 12.3 Å². The van der Waals surface area contributed by atoms with Crippen LogP contribution in [-0.2, 0) is 4.74 Å². The fourth-order valence-corrected chi connectivity index (χ4v) is 3.32. The van der Waals surface area contributed by atoms with E-state index in [1.807, 2.05) is 12.3 Å².